The van der Waals surface area contributed by atoms with Crippen LogP contribution in [0.25, 0.3) is 0 Å². The maximum atomic E-state index is 12.8. The SMILES string of the molecule is CC/C=C\C/C=C\C/C=C\C/C=C\C/C=C\C/C=C\CCC(=O)OC[C@H](COC(=O)CCCC/C=C\C/C=C\C/C=C\C/C=C\CC)OC(=O)CCCCCCCCC/C=C\CCCCCC. The van der Waals surface area contributed by atoms with Crippen LogP contribution >= 0.6 is 0 Å². The highest BCUT2D eigenvalue weighted by molar-refractivity contribution is 5.71. The monoisotopic (exact) mass is 925 g/mol. The normalized spacial score (nSPS) is 13.2. The van der Waals surface area contributed by atoms with E-state index in [1.54, 1.807) is 0 Å². The number of allylic oxidation sites excluding steroid dienone is 22. The van der Waals surface area contributed by atoms with Crippen molar-refractivity contribution in [2.75, 3.05) is 13.2 Å². The number of hydrogen-bond donors (Lipinski definition) is 0. The number of hydrogen-bond acceptors (Lipinski definition) is 6. The Bertz CT molecular complexity index is 1480. The van der Waals surface area contributed by atoms with Crippen molar-refractivity contribution >= 4 is 17.9 Å². The van der Waals surface area contributed by atoms with E-state index in [9.17, 15) is 14.4 Å². The average Bonchev–Trinajstić information content (AvgIpc) is 3.33. The van der Waals surface area contributed by atoms with Crippen molar-refractivity contribution in [2.45, 2.75) is 219 Å². The Hall–Kier alpha value is -4.45. The Morgan fingerprint density at radius 2 is 0.612 bits per heavy atom. The minimum absolute atomic E-state index is 0.129. The molecule has 0 aliphatic rings. The van der Waals surface area contributed by atoms with Crippen molar-refractivity contribution in [1.29, 1.82) is 0 Å². The Labute approximate surface area is 411 Å². The van der Waals surface area contributed by atoms with E-state index >= 15 is 0 Å². The Kier molecular flexibility index (Phi) is 50.6. The van der Waals surface area contributed by atoms with Crippen LogP contribution in [-0.2, 0) is 28.6 Å². The quantitative estimate of drug-likeness (QED) is 0.0262. The Balaban J connectivity index is 4.59. The molecule has 0 N–H and O–H groups in total. The molecule has 0 aliphatic heterocycles. The maximum absolute atomic E-state index is 12.8. The predicted octanol–water partition coefficient (Wildman–Crippen LogP) is 17.9. The lowest BCUT2D eigenvalue weighted by molar-refractivity contribution is -0.166. The molecule has 6 heteroatoms. The zero-order valence-electron chi connectivity index (χ0n) is 42.9. The van der Waals surface area contributed by atoms with E-state index in [1.807, 2.05) is 12.2 Å². The van der Waals surface area contributed by atoms with E-state index in [-0.39, 0.29) is 44.0 Å². The minimum atomic E-state index is -0.832. The van der Waals surface area contributed by atoms with E-state index in [0.29, 0.717) is 19.3 Å². The summed E-state index contributed by atoms with van der Waals surface area (Å²) < 4.78 is 16.7. The van der Waals surface area contributed by atoms with Crippen molar-refractivity contribution < 1.29 is 28.6 Å². The summed E-state index contributed by atoms with van der Waals surface area (Å²) in [5.41, 5.74) is 0. The third kappa shape index (κ3) is 52.4. The molecule has 0 unspecified atom stereocenters. The van der Waals surface area contributed by atoms with Crippen molar-refractivity contribution in [3.63, 3.8) is 0 Å². The topological polar surface area (TPSA) is 78.9 Å². The summed E-state index contributed by atoms with van der Waals surface area (Å²) in [6, 6.07) is 0. The van der Waals surface area contributed by atoms with Crippen LogP contribution in [0.5, 0.6) is 0 Å². The van der Waals surface area contributed by atoms with Gasteiger partial charge in [-0.3, -0.25) is 14.4 Å². The summed E-state index contributed by atoms with van der Waals surface area (Å²) in [5.74, 6) is -1.07. The van der Waals surface area contributed by atoms with Gasteiger partial charge in [0, 0.05) is 19.3 Å². The van der Waals surface area contributed by atoms with Crippen molar-refractivity contribution in [3.8, 4) is 0 Å². The first-order valence-electron chi connectivity index (χ1n) is 26.7. The van der Waals surface area contributed by atoms with Gasteiger partial charge >= 0.3 is 17.9 Å². The van der Waals surface area contributed by atoms with Gasteiger partial charge in [-0.1, -0.05) is 206 Å². The summed E-state index contributed by atoms with van der Waals surface area (Å²) >= 11 is 0. The van der Waals surface area contributed by atoms with Crippen LogP contribution in [-0.4, -0.2) is 37.2 Å². The third-order valence-electron chi connectivity index (χ3n) is 10.6. The molecule has 0 aliphatic carbocycles. The van der Waals surface area contributed by atoms with Crippen LogP contribution in [0.1, 0.15) is 213 Å². The summed E-state index contributed by atoms with van der Waals surface area (Å²) in [4.78, 5) is 38.0. The Morgan fingerprint density at radius 1 is 0.313 bits per heavy atom. The smallest absolute Gasteiger partial charge is 0.306 e. The molecule has 0 aromatic heterocycles. The summed E-state index contributed by atoms with van der Waals surface area (Å²) in [5, 5.41) is 0. The summed E-state index contributed by atoms with van der Waals surface area (Å²) in [7, 11) is 0. The highest BCUT2D eigenvalue weighted by atomic mass is 16.6. The molecule has 67 heavy (non-hydrogen) atoms. The standard InChI is InChI=1S/C61H96O6/c1-4-7-10-13-16-19-22-25-28-29-30-31-34-36-39-42-45-48-51-54-60(63)66-57-58(67-61(64)55-52-49-46-43-40-37-33-27-24-21-18-15-12-9-6-3)56-65-59(62)53-50-47-44-41-38-35-32-26-23-20-17-14-11-8-5-2/h7-8,10-11,16-17,19-21,24-26,28,30-32,36,38-39,41,45,48,58H,4-6,9,12-15,18,22-23,27,29,33-35,37,40,42-44,46-47,49-57H2,1-3H3/b10-7-,11-8-,19-16-,20-17-,24-21-,28-25-,31-30-,32-26-,39-36-,41-38-,48-45-/t58-/m0/s1. The lowest BCUT2D eigenvalue weighted by atomic mass is 10.1. The van der Waals surface area contributed by atoms with Gasteiger partial charge in [-0.2, -0.15) is 0 Å². The fraction of sp³-hybridized carbons (Fsp3) is 0.590. The molecule has 0 spiro atoms. The second-order valence-electron chi connectivity index (χ2n) is 17.0. The maximum Gasteiger partial charge on any atom is 0.306 e. The van der Waals surface area contributed by atoms with Crippen molar-refractivity contribution in [1.82, 2.24) is 0 Å². The van der Waals surface area contributed by atoms with Gasteiger partial charge in [-0.15, -0.1) is 0 Å². The lowest BCUT2D eigenvalue weighted by Crippen LogP contribution is -2.30. The van der Waals surface area contributed by atoms with Gasteiger partial charge in [0.2, 0.25) is 0 Å². The molecule has 0 saturated heterocycles. The highest BCUT2D eigenvalue weighted by Crippen LogP contribution is 2.13. The molecule has 1 atom stereocenters. The van der Waals surface area contributed by atoms with E-state index in [4.69, 9.17) is 14.2 Å². The van der Waals surface area contributed by atoms with Crippen LogP contribution in [0.3, 0.4) is 0 Å². The molecule has 0 aromatic carbocycles. The molecular weight excluding hydrogens is 829 g/mol. The predicted molar refractivity (Wildman–Crippen MR) is 288 cm³/mol. The zero-order valence-corrected chi connectivity index (χ0v) is 42.9. The first-order valence-corrected chi connectivity index (χ1v) is 26.7. The molecule has 0 rings (SSSR count). The van der Waals surface area contributed by atoms with E-state index < -0.39 is 6.10 Å². The third-order valence-corrected chi connectivity index (χ3v) is 10.6. The van der Waals surface area contributed by atoms with Crippen molar-refractivity contribution in [2.24, 2.45) is 0 Å². The fourth-order valence-electron chi connectivity index (χ4n) is 6.69. The number of esters is 3. The van der Waals surface area contributed by atoms with Crippen molar-refractivity contribution in [3.05, 3.63) is 134 Å². The van der Waals surface area contributed by atoms with Crippen LogP contribution in [0.15, 0.2) is 134 Å². The van der Waals surface area contributed by atoms with Crippen LogP contribution in [0.4, 0.5) is 0 Å². The van der Waals surface area contributed by atoms with Gasteiger partial charge in [0.1, 0.15) is 13.2 Å². The second-order valence-corrected chi connectivity index (χ2v) is 17.0. The largest absolute Gasteiger partial charge is 0.462 e. The zero-order chi connectivity index (χ0) is 48.6. The number of unbranched alkanes of at least 4 members (excludes halogenated alkanes) is 13. The van der Waals surface area contributed by atoms with Gasteiger partial charge in [0.25, 0.3) is 0 Å². The van der Waals surface area contributed by atoms with E-state index in [2.05, 4.69) is 142 Å². The second kappa shape index (κ2) is 54.2. The van der Waals surface area contributed by atoms with E-state index in [0.717, 1.165) is 96.3 Å². The number of rotatable bonds is 46. The highest BCUT2D eigenvalue weighted by Gasteiger charge is 2.19. The van der Waals surface area contributed by atoms with Gasteiger partial charge in [0.05, 0.1) is 0 Å². The van der Waals surface area contributed by atoms with E-state index in [1.165, 1.54) is 64.2 Å². The van der Waals surface area contributed by atoms with Gasteiger partial charge in [-0.05, 0) is 122 Å². The molecule has 0 fully saturated rings. The van der Waals surface area contributed by atoms with Gasteiger partial charge in [0.15, 0.2) is 6.10 Å². The molecule has 6 nitrogen and oxygen atoms in total. The van der Waals surface area contributed by atoms with Crippen LogP contribution in [0.2, 0.25) is 0 Å². The van der Waals surface area contributed by atoms with Gasteiger partial charge in [-0.25, -0.2) is 0 Å². The lowest BCUT2D eigenvalue weighted by Gasteiger charge is -2.18. The molecule has 0 aromatic rings. The first kappa shape index (κ1) is 62.5. The molecule has 376 valence electrons. The average molecular weight is 925 g/mol. The molecular formula is C61H96O6. The fourth-order valence-corrected chi connectivity index (χ4v) is 6.69. The van der Waals surface area contributed by atoms with Gasteiger partial charge < -0.3 is 14.2 Å². The first-order chi connectivity index (χ1) is 33.0. The molecule has 0 heterocycles. The summed E-state index contributed by atoms with van der Waals surface area (Å²) in [6.07, 6.45) is 75.9. The molecule has 0 saturated carbocycles. The van der Waals surface area contributed by atoms with Crippen LogP contribution < -0.4 is 0 Å². The molecule has 0 radical (unpaired) electrons. The molecule has 0 amide bonds. The molecule has 0 bridgehead atoms. The van der Waals surface area contributed by atoms with Crippen LogP contribution in [0, 0.1) is 0 Å². The number of carbonyl (C=O) groups excluding carboxylic acids is 3. The number of ether oxygens (including phenoxy) is 3. The number of carbonyl (C=O) groups is 3. The Morgan fingerprint density at radius 3 is 1.04 bits per heavy atom. The minimum Gasteiger partial charge on any atom is -0.462 e. The summed E-state index contributed by atoms with van der Waals surface area (Å²) in [6.45, 7) is 6.27.